The lowest BCUT2D eigenvalue weighted by Gasteiger charge is -2.13. The van der Waals surface area contributed by atoms with Gasteiger partial charge in [0.1, 0.15) is 5.75 Å². The molecule has 0 saturated carbocycles. The molecule has 0 amide bonds. The molecule has 88 valence electrons. The summed E-state index contributed by atoms with van der Waals surface area (Å²) in [7, 11) is 1.65. The van der Waals surface area contributed by atoms with E-state index in [9.17, 15) is 0 Å². The molecule has 0 aliphatic carbocycles. The minimum atomic E-state index is -0.0169. The minimum absolute atomic E-state index is 0.0169. The monoisotopic (exact) mass is 241 g/mol. The van der Waals surface area contributed by atoms with Crippen LogP contribution in [0.1, 0.15) is 11.1 Å². The van der Waals surface area contributed by atoms with Crippen LogP contribution in [0, 0.1) is 0 Å². The van der Waals surface area contributed by atoms with Crippen LogP contribution in [0.5, 0.6) is 5.75 Å². The van der Waals surface area contributed by atoms with Crippen molar-refractivity contribution in [3.63, 3.8) is 0 Å². The molecule has 1 aromatic rings. The van der Waals surface area contributed by atoms with Crippen LogP contribution in [0.15, 0.2) is 12.1 Å². The summed E-state index contributed by atoms with van der Waals surface area (Å²) in [5, 5.41) is 0.754. The van der Waals surface area contributed by atoms with Crippen LogP contribution in [0.25, 0.3) is 0 Å². The number of hydrogen-bond donors (Lipinski definition) is 1. The fourth-order valence-electron chi connectivity index (χ4n) is 2.05. The van der Waals surface area contributed by atoms with Crippen LogP contribution in [-0.2, 0) is 17.6 Å². The Hall–Kier alpha value is -0.770. The Labute approximate surface area is 100 Å². The molecule has 2 N–H and O–H groups in total. The molecule has 16 heavy (non-hydrogen) atoms. The normalized spacial score (nSPS) is 15.7. The molecule has 1 aliphatic rings. The SMILES string of the molecule is COCC(N)Cc1cc(Cl)cc2c1OCC2. The van der Waals surface area contributed by atoms with Crippen LogP contribution >= 0.6 is 11.6 Å². The molecule has 0 fully saturated rings. The minimum Gasteiger partial charge on any atom is -0.493 e. The number of nitrogens with two attached hydrogens (primary N) is 1. The van der Waals surface area contributed by atoms with E-state index >= 15 is 0 Å². The second kappa shape index (κ2) is 5.04. The second-order valence-electron chi connectivity index (χ2n) is 4.07. The first kappa shape index (κ1) is 11.7. The highest BCUT2D eigenvalue weighted by atomic mass is 35.5. The molecule has 0 spiro atoms. The number of halogens is 1. The van der Waals surface area contributed by atoms with E-state index in [1.54, 1.807) is 7.11 Å². The highest BCUT2D eigenvalue weighted by Crippen LogP contribution is 2.33. The van der Waals surface area contributed by atoms with Crippen molar-refractivity contribution < 1.29 is 9.47 Å². The van der Waals surface area contributed by atoms with Crippen molar-refractivity contribution in [2.45, 2.75) is 18.9 Å². The summed E-state index contributed by atoms with van der Waals surface area (Å²) in [5.41, 5.74) is 8.21. The van der Waals surface area contributed by atoms with Crippen LogP contribution in [0.4, 0.5) is 0 Å². The molecule has 1 atom stereocenters. The van der Waals surface area contributed by atoms with Gasteiger partial charge >= 0.3 is 0 Å². The quantitative estimate of drug-likeness (QED) is 0.874. The Kier molecular flexibility index (Phi) is 3.69. The van der Waals surface area contributed by atoms with Gasteiger partial charge in [0.25, 0.3) is 0 Å². The van der Waals surface area contributed by atoms with Crippen molar-refractivity contribution in [3.8, 4) is 5.75 Å². The van der Waals surface area contributed by atoms with E-state index < -0.39 is 0 Å². The first-order valence-corrected chi connectivity index (χ1v) is 5.77. The smallest absolute Gasteiger partial charge is 0.125 e. The van der Waals surface area contributed by atoms with E-state index in [1.165, 1.54) is 5.56 Å². The molecule has 1 aliphatic heterocycles. The Morgan fingerprint density at radius 3 is 3.12 bits per heavy atom. The lowest BCUT2D eigenvalue weighted by molar-refractivity contribution is 0.179. The third kappa shape index (κ3) is 2.48. The predicted octanol–water partition coefficient (Wildman–Crippen LogP) is 1.79. The highest BCUT2D eigenvalue weighted by molar-refractivity contribution is 6.30. The summed E-state index contributed by atoms with van der Waals surface area (Å²) < 4.78 is 10.6. The van der Waals surface area contributed by atoms with E-state index in [1.807, 2.05) is 12.1 Å². The first-order valence-electron chi connectivity index (χ1n) is 5.39. The predicted molar refractivity (Wildman–Crippen MR) is 64.2 cm³/mol. The average Bonchev–Trinajstić information content (AvgIpc) is 2.65. The van der Waals surface area contributed by atoms with Gasteiger partial charge in [0.2, 0.25) is 0 Å². The number of benzene rings is 1. The summed E-state index contributed by atoms with van der Waals surface area (Å²) in [5.74, 6) is 0.968. The maximum absolute atomic E-state index is 6.06. The zero-order chi connectivity index (χ0) is 11.5. The molecular weight excluding hydrogens is 226 g/mol. The van der Waals surface area contributed by atoms with Gasteiger partial charge in [-0.1, -0.05) is 11.6 Å². The third-order valence-corrected chi connectivity index (χ3v) is 2.91. The van der Waals surface area contributed by atoms with Gasteiger partial charge in [-0.25, -0.2) is 0 Å². The molecule has 1 heterocycles. The Morgan fingerprint density at radius 2 is 2.38 bits per heavy atom. The molecule has 0 saturated heterocycles. The van der Waals surface area contributed by atoms with Crippen molar-refractivity contribution in [1.82, 2.24) is 0 Å². The van der Waals surface area contributed by atoms with E-state index in [4.69, 9.17) is 26.8 Å². The molecule has 1 unspecified atom stereocenters. The third-order valence-electron chi connectivity index (χ3n) is 2.69. The van der Waals surface area contributed by atoms with Gasteiger partial charge in [-0.3, -0.25) is 0 Å². The number of fused-ring (bicyclic) bond motifs is 1. The van der Waals surface area contributed by atoms with Crippen molar-refractivity contribution in [2.24, 2.45) is 5.73 Å². The lowest BCUT2D eigenvalue weighted by atomic mass is 10.0. The van der Waals surface area contributed by atoms with E-state index in [2.05, 4.69) is 0 Å². The largest absolute Gasteiger partial charge is 0.493 e. The van der Waals surface area contributed by atoms with Gasteiger partial charge < -0.3 is 15.2 Å². The van der Waals surface area contributed by atoms with Gasteiger partial charge in [0, 0.05) is 24.6 Å². The molecule has 0 aromatic heterocycles. The topological polar surface area (TPSA) is 44.5 Å². The maximum Gasteiger partial charge on any atom is 0.125 e. The zero-order valence-corrected chi connectivity index (χ0v) is 10.1. The molecule has 0 bridgehead atoms. The Bertz CT molecular complexity index is 382. The summed E-state index contributed by atoms with van der Waals surface area (Å²) in [6, 6.07) is 3.88. The van der Waals surface area contributed by atoms with Crippen LogP contribution in [-0.4, -0.2) is 26.4 Å². The number of ether oxygens (including phenoxy) is 2. The summed E-state index contributed by atoms with van der Waals surface area (Å²) in [6.45, 7) is 1.28. The fraction of sp³-hybridized carbons (Fsp3) is 0.500. The fourth-order valence-corrected chi connectivity index (χ4v) is 2.32. The number of rotatable bonds is 4. The van der Waals surface area contributed by atoms with E-state index in [0.717, 1.165) is 35.8 Å². The second-order valence-corrected chi connectivity index (χ2v) is 4.51. The van der Waals surface area contributed by atoms with Gasteiger partial charge in [-0.05, 0) is 29.7 Å². The summed E-state index contributed by atoms with van der Waals surface area (Å²) >= 11 is 6.06. The van der Waals surface area contributed by atoms with E-state index in [0.29, 0.717) is 6.61 Å². The lowest BCUT2D eigenvalue weighted by Crippen LogP contribution is -2.28. The molecule has 3 nitrogen and oxygen atoms in total. The summed E-state index contributed by atoms with van der Waals surface area (Å²) in [6.07, 6.45) is 1.67. The number of methoxy groups -OCH3 is 1. The van der Waals surface area contributed by atoms with Crippen molar-refractivity contribution >= 4 is 11.6 Å². The highest BCUT2D eigenvalue weighted by Gasteiger charge is 2.18. The van der Waals surface area contributed by atoms with Crippen molar-refractivity contribution in [2.75, 3.05) is 20.3 Å². The van der Waals surface area contributed by atoms with E-state index in [-0.39, 0.29) is 6.04 Å². The molecule has 1 aromatic carbocycles. The Morgan fingerprint density at radius 1 is 1.56 bits per heavy atom. The van der Waals surface area contributed by atoms with Crippen LogP contribution in [0.3, 0.4) is 0 Å². The van der Waals surface area contributed by atoms with Crippen molar-refractivity contribution in [1.29, 1.82) is 0 Å². The van der Waals surface area contributed by atoms with Crippen LogP contribution < -0.4 is 10.5 Å². The zero-order valence-electron chi connectivity index (χ0n) is 9.33. The molecule has 0 radical (unpaired) electrons. The van der Waals surface area contributed by atoms with Crippen LogP contribution in [0.2, 0.25) is 5.02 Å². The standard InChI is InChI=1S/C12H16ClNO2/c1-15-7-11(14)6-9-5-10(13)4-8-2-3-16-12(8)9/h4-5,11H,2-3,6-7,14H2,1H3. The van der Waals surface area contributed by atoms with Gasteiger partial charge in [0.05, 0.1) is 13.2 Å². The van der Waals surface area contributed by atoms with Gasteiger partial charge in [-0.2, -0.15) is 0 Å². The molecule has 4 heteroatoms. The number of hydrogen-bond acceptors (Lipinski definition) is 3. The Balaban J connectivity index is 2.20. The van der Waals surface area contributed by atoms with Gasteiger partial charge in [-0.15, -0.1) is 0 Å². The van der Waals surface area contributed by atoms with Crippen molar-refractivity contribution in [3.05, 3.63) is 28.3 Å². The first-order chi connectivity index (χ1) is 7.70. The maximum atomic E-state index is 6.06. The summed E-state index contributed by atoms with van der Waals surface area (Å²) in [4.78, 5) is 0. The molecule has 2 rings (SSSR count). The molecular formula is C12H16ClNO2. The average molecular weight is 242 g/mol. The van der Waals surface area contributed by atoms with Gasteiger partial charge in [0.15, 0.2) is 0 Å².